The predicted molar refractivity (Wildman–Crippen MR) is 66.8 cm³/mol. The van der Waals surface area contributed by atoms with Gasteiger partial charge in [0.25, 0.3) is 6.43 Å². The molecular formula is C13H8BrF2NO. The molecule has 0 saturated heterocycles. The summed E-state index contributed by atoms with van der Waals surface area (Å²) >= 11 is 3.14. The van der Waals surface area contributed by atoms with Crippen LogP contribution in [0.4, 0.5) is 8.78 Å². The molecule has 0 amide bonds. The van der Waals surface area contributed by atoms with E-state index in [0.717, 1.165) is 0 Å². The minimum absolute atomic E-state index is 0.121. The Hall–Kier alpha value is -1.62. The molecule has 0 saturated carbocycles. The largest absolute Gasteiger partial charge is 0.289 e. The molecule has 0 radical (unpaired) electrons. The van der Waals surface area contributed by atoms with Crippen LogP contribution in [0, 0.1) is 0 Å². The number of benzene rings is 1. The Balaban J connectivity index is 2.38. The van der Waals surface area contributed by atoms with Crippen molar-refractivity contribution in [2.24, 2.45) is 0 Å². The summed E-state index contributed by atoms with van der Waals surface area (Å²) in [4.78, 5) is 15.9. The van der Waals surface area contributed by atoms with Crippen LogP contribution in [0.1, 0.15) is 27.9 Å². The molecule has 2 nitrogen and oxygen atoms in total. The van der Waals surface area contributed by atoms with Crippen molar-refractivity contribution < 1.29 is 13.6 Å². The van der Waals surface area contributed by atoms with Crippen molar-refractivity contribution in [2.45, 2.75) is 6.43 Å². The van der Waals surface area contributed by atoms with Crippen molar-refractivity contribution in [3.05, 3.63) is 63.9 Å². The van der Waals surface area contributed by atoms with Gasteiger partial charge in [-0.2, -0.15) is 0 Å². The molecule has 1 aromatic carbocycles. The SMILES string of the molecule is O=C(c1cccnc1)c1ccc(C(F)F)cc1Br. The van der Waals surface area contributed by atoms with E-state index >= 15 is 0 Å². The summed E-state index contributed by atoms with van der Waals surface area (Å²) in [5.74, 6) is -0.254. The summed E-state index contributed by atoms with van der Waals surface area (Å²) in [7, 11) is 0. The Morgan fingerprint density at radius 1 is 1.28 bits per heavy atom. The average Bonchev–Trinajstić information content (AvgIpc) is 2.38. The van der Waals surface area contributed by atoms with Crippen molar-refractivity contribution in [3.8, 4) is 0 Å². The molecule has 0 fully saturated rings. The number of pyridine rings is 1. The van der Waals surface area contributed by atoms with Gasteiger partial charge in [0, 0.05) is 33.6 Å². The zero-order valence-corrected chi connectivity index (χ0v) is 10.7. The molecule has 0 unspecified atom stereocenters. The quantitative estimate of drug-likeness (QED) is 0.802. The first-order valence-corrected chi connectivity index (χ1v) is 5.91. The van der Waals surface area contributed by atoms with Gasteiger partial charge in [-0.1, -0.05) is 22.0 Å². The molecule has 92 valence electrons. The molecule has 0 aliphatic rings. The summed E-state index contributed by atoms with van der Waals surface area (Å²) in [5.41, 5.74) is 0.639. The van der Waals surface area contributed by atoms with Crippen LogP contribution < -0.4 is 0 Å². The third kappa shape index (κ3) is 2.61. The molecule has 1 aromatic heterocycles. The molecule has 0 bridgehead atoms. The van der Waals surface area contributed by atoms with Crippen LogP contribution in [0.5, 0.6) is 0 Å². The maximum atomic E-state index is 12.5. The normalized spacial score (nSPS) is 10.7. The van der Waals surface area contributed by atoms with Crippen LogP contribution >= 0.6 is 15.9 Å². The number of carbonyl (C=O) groups is 1. The number of nitrogens with zero attached hydrogens (tertiary/aromatic N) is 1. The van der Waals surface area contributed by atoms with E-state index in [1.165, 1.54) is 24.4 Å². The second kappa shape index (κ2) is 5.35. The Morgan fingerprint density at radius 3 is 2.61 bits per heavy atom. The van der Waals surface area contributed by atoms with Crippen LogP contribution in [0.25, 0.3) is 0 Å². The second-order valence-corrected chi connectivity index (χ2v) is 4.47. The number of carbonyl (C=O) groups excluding carboxylic acids is 1. The number of alkyl halides is 2. The van der Waals surface area contributed by atoms with Crippen LogP contribution in [0.3, 0.4) is 0 Å². The highest BCUT2D eigenvalue weighted by molar-refractivity contribution is 9.10. The van der Waals surface area contributed by atoms with Gasteiger partial charge in [0.15, 0.2) is 5.78 Å². The van der Waals surface area contributed by atoms with Crippen LogP contribution in [0.2, 0.25) is 0 Å². The first kappa shape index (κ1) is 12.8. The lowest BCUT2D eigenvalue weighted by atomic mass is 10.0. The number of rotatable bonds is 3. The lowest BCUT2D eigenvalue weighted by molar-refractivity contribution is 0.103. The molecular weight excluding hydrogens is 304 g/mol. The fraction of sp³-hybridized carbons (Fsp3) is 0.0769. The van der Waals surface area contributed by atoms with E-state index in [2.05, 4.69) is 20.9 Å². The van der Waals surface area contributed by atoms with Gasteiger partial charge >= 0.3 is 0 Å². The van der Waals surface area contributed by atoms with Crippen molar-refractivity contribution in [1.29, 1.82) is 0 Å². The zero-order valence-electron chi connectivity index (χ0n) is 9.11. The molecule has 0 atom stereocenters. The van der Waals surface area contributed by atoms with Crippen molar-refractivity contribution in [1.82, 2.24) is 4.98 Å². The Kier molecular flexibility index (Phi) is 3.81. The number of hydrogen-bond donors (Lipinski definition) is 0. The molecule has 0 aliphatic heterocycles. The predicted octanol–water partition coefficient (Wildman–Crippen LogP) is 4.01. The molecule has 0 aliphatic carbocycles. The first-order chi connectivity index (χ1) is 8.59. The summed E-state index contributed by atoms with van der Waals surface area (Å²) in [6.45, 7) is 0. The van der Waals surface area contributed by atoms with Gasteiger partial charge in [-0.05, 0) is 24.3 Å². The fourth-order valence-electron chi connectivity index (χ4n) is 1.50. The highest BCUT2D eigenvalue weighted by Crippen LogP contribution is 2.26. The monoisotopic (exact) mass is 311 g/mol. The van der Waals surface area contributed by atoms with E-state index in [4.69, 9.17) is 0 Å². The van der Waals surface area contributed by atoms with Crippen molar-refractivity contribution >= 4 is 21.7 Å². The molecule has 18 heavy (non-hydrogen) atoms. The molecule has 1 heterocycles. The van der Waals surface area contributed by atoms with E-state index in [1.54, 1.807) is 18.3 Å². The first-order valence-electron chi connectivity index (χ1n) is 5.12. The van der Waals surface area contributed by atoms with E-state index in [0.29, 0.717) is 15.6 Å². The van der Waals surface area contributed by atoms with Gasteiger partial charge < -0.3 is 0 Å². The van der Waals surface area contributed by atoms with E-state index in [-0.39, 0.29) is 11.3 Å². The van der Waals surface area contributed by atoms with Crippen LogP contribution in [0.15, 0.2) is 47.2 Å². The average molecular weight is 312 g/mol. The Labute approximate surface area is 111 Å². The minimum atomic E-state index is -2.55. The molecule has 2 aromatic rings. The third-order valence-electron chi connectivity index (χ3n) is 2.41. The number of hydrogen-bond acceptors (Lipinski definition) is 2. The van der Waals surface area contributed by atoms with Crippen LogP contribution in [-0.2, 0) is 0 Å². The summed E-state index contributed by atoms with van der Waals surface area (Å²) in [5, 5.41) is 0. The standard InChI is InChI=1S/C13H8BrF2NO/c14-11-6-8(13(15)16)3-4-10(11)12(18)9-2-1-5-17-7-9/h1-7,13H. The van der Waals surface area contributed by atoms with Crippen LogP contribution in [-0.4, -0.2) is 10.8 Å². The Morgan fingerprint density at radius 2 is 2.06 bits per heavy atom. The number of aromatic nitrogens is 1. The molecule has 2 rings (SSSR count). The summed E-state index contributed by atoms with van der Waals surface area (Å²) in [6, 6.07) is 7.17. The van der Waals surface area contributed by atoms with E-state index in [1.807, 2.05) is 0 Å². The van der Waals surface area contributed by atoms with Gasteiger partial charge in [-0.15, -0.1) is 0 Å². The van der Waals surface area contributed by atoms with E-state index in [9.17, 15) is 13.6 Å². The van der Waals surface area contributed by atoms with Gasteiger partial charge in [0.2, 0.25) is 0 Å². The molecule has 0 spiro atoms. The van der Waals surface area contributed by atoms with Crippen molar-refractivity contribution in [2.75, 3.05) is 0 Å². The van der Waals surface area contributed by atoms with Gasteiger partial charge in [0.05, 0.1) is 0 Å². The number of ketones is 1. The van der Waals surface area contributed by atoms with Gasteiger partial charge in [-0.3, -0.25) is 9.78 Å². The molecule has 5 heteroatoms. The van der Waals surface area contributed by atoms with Gasteiger partial charge in [0.1, 0.15) is 0 Å². The number of halogens is 3. The highest BCUT2D eigenvalue weighted by Gasteiger charge is 2.15. The summed E-state index contributed by atoms with van der Waals surface area (Å²) < 4.78 is 25.3. The van der Waals surface area contributed by atoms with E-state index < -0.39 is 6.43 Å². The maximum absolute atomic E-state index is 12.5. The lowest BCUT2D eigenvalue weighted by Gasteiger charge is -2.06. The molecule has 0 N–H and O–H groups in total. The zero-order chi connectivity index (χ0) is 13.1. The fourth-order valence-corrected chi connectivity index (χ4v) is 2.08. The smallest absolute Gasteiger partial charge is 0.263 e. The Bertz CT molecular complexity index is 572. The summed E-state index contributed by atoms with van der Waals surface area (Å²) in [6.07, 6.45) is 0.450. The third-order valence-corrected chi connectivity index (χ3v) is 3.07. The second-order valence-electron chi connectivity index (χ2n) is 3.61. The minimum Gasteiger partial charge on any atom is -0.289 e. The maximum Gasteiger partial charge on any atom is 0.263 e. The highest BCUT2D eigenvalue weighted by atomic mass is 79.9. The van der Waals surface area contributed by atoms with Gasteiger partial charge in [-0.25, -0.2) is 8.78 Å². The topological polar surface area (TPSA) is 30.0 Å². The van der Waals surface area contributed by atoms with Crippen molar-refractivity contribution in [3.63, 3.8) is 0 Å². The lowest BCUT2D eigenvalue weighted by Crippen LogP contribution is -2.03.